The van der Waals surface area contributed by atoms with E-state index >= 15 is 0 Å². The zero-order valence-electron chi connectivity index (χ0n) is 19.4. The molecular weight excluding hydrogens is 412 g/mol. The lowest BCUT2D eigenvalue weighted by atomic mass is 9.87. The summed E-state index contributed by atoms with van der Waals surface area (Å²) in [5, 5.41) is 3.19. The maximum absolute atomic E-state index is 13.6. The van der Waals surface area contributed by atoms with Gasteiger partial charge >= 0.3 is 0 Å². The molecule has 0 atom stereocenters. The van der Waals surface area contributed by atoms with Crippen molar-refractivity contribution in [3.05, 3.63) is 95.7 Å². The second-order valence-corrected chi connectivity index (χ2v) is 8.94. The fourth-order valence-electron chi connectivity index (χ4n) is 3.84. The van der Waals surface area contributed by atoms with Crippen LogP contribution in [0.3, 0.4) is 0 Å². The van der Waals surface area contributed by atoms with Gasteiger partial charge in [0.05, 0.1) is 17.9 Å². The number of benzene rings is 3. The van der Waals surface area contributed by atoms with Crippen LogP contribution in [0, 0.1) is 0 Å². The van der Waals surface area contributed by atoms with Gasteiger partial charge in [-0.1, -0.05) is 69.3 Å². The number of anilines is 2. The molecule has 0 unspecified atom stereocenters. The standard InChI is InChI=1S/C28H28N2O3/c1-5-33-23-13-9-12-21(18-23)29-25-24(19-10-7-6-8-11-19)26(31)30(27(25)32)22-16-14-20(15-17-22)28(2,3)4/h6-18,29H,5H2,1-4H3. The molecule has 0 saturated heterocycles. The Morgan fingerprint density at radius 3 is 2.18 bits per heavy atom. The van der Waals surface area contributed by atoms with Crippen LogP contribution < -0.4 is 15.0 Å². The van der Waals surface area contributed by atoms with Gasteiger partial charge in [-0.2, -0.15) is 0 Å². The van der Waals surface area contributed by atoms with Crippen molar-refractivity contribution >= 4 is 28.8 Å². The Balaban J connectivity index is 1.75. The van der Waals surface area contributed by atoms with Gasteiger partial charge in [0.25, 0.3) is 11.8 Å². The van der Waals surface area contributed by atoms with E-state index in [4.69, 9.17) is 4.74 Å². The summed E-state index contributed by atoms with van der Waals surface area (Å²) in [6.45, 7) is 8.83. The molecule has 0 fully saturated rings. The highest BCUT2D eigenvalue weighted by atomic mass is 16.5. The smallest absolute Gasteiger partial charge is 0.282 e. The van der Waals surface area contributed by atoms with E-state index in [9.17, 15) is 9.59 Å². The van der Waals surface area contributed by atoms with E-state index in [-0.39, 0.29) is 22.9 Å². The van der Waals surface area contributed by atoms with Crippen molar-refractivity contribution in [1.29, 1.82) is 0 Å². The summed E-state index contributed by atoms with van der Waals surface area (Å²) >= 11 is 0. The highest BCUT2D eigenvalue weighted by Gasteiger charge is 2.40. The Hall–Kier alpha value is -3.86. The fraction of sp³-hybridized carbons (Fsp3) is 0.214. The maximum Gasteiger partial charge on any atom is 0.282 e. The van der Waals surface area contributed by atoms with Crippen molar-refractivity contribution in [3.8, 4) is 5.75 Å². The number of ether oxygens (including phenoxy) is 1. The second-order valence-electron chi connectivity index (χ2n) is 8.94. The minimum absolute atomic E-state index is 0.0245. The first-order valence-corrected chi connectivity index (χ1v) is 11.1. The molecule has 5 heteroatoms. The molecule has 0 spiro atoms. The number of nitrogens with one attached hydrogen (secondary N) is 1. The Bertz CT molecular complexity index is 1210. The van der Waals surface area contributed by atoms with Crippen LogP contribution in [0.1, 0.15) is 38.8 Å². The lowest BCUT2D eigenvalue weighted by Crippen LogP contribution is -2.32. The quantitative estimate of drug-likeness (QED) is 0.494. The van der Waals surface area contributed by atoms with Gasteiger partial charge in [0.2, 0.25) is 0 Å². The van der Waals surface area contributed by atoms with Crippen LogP contribution >= 0.6 is 0 Å². The van der Waals surface area contributed by atoms with Gasteiger partial charge in [0.1, 0.15) is 11.4 Å². The zero-order valence-corrected chi connectivity index (χ0v) is 19.4. The largest absolute Gasteiger partial charge is 0.494 e. The molecule has 1 heterocycles. The molecule has 0 saturated carbocycles. The summed E-state index contributed by atoms with van der Waals surface area (Å²) in [6.07, 6.45) is 0. The van der Waals surface area contributed by atoms with Crippen LogP contribution in [0.4, 0.5) is 11.4 Å². The molecule has 4 rings (SSSR count). The summed E-state index contributed by atoms with van der Waals surface area (Å²) in [5.74, 6) is -0.0434. The number of rotatable bonds is 6. The average Bonchev–Trinajstić information content (AvgIpc) is 3.03. The number of carbonyl (C=O) groups excluding carboxylic acids is 2. The van der Waals surface area contributed by atoms with Gasteiger partial charge in [-0.05, 0) is 47.7 Å². The van der Waals surface area contributed by atoms with Gasteiger partial charge in [-0.3, -0.25) is 9.59 Å². The fourth-order valence-corrected chi connectivity index (χ4v) is 3.84. The molecular formula is C28H28N2O3. The first kappa shape index (κ1) is 22.3. The van der Waals surface area contributed by atoms with E-state index in [1.165, 1.54) is 4.90 Å². The molecule has 168 valence electrons. The summed E-state index contributed by atoms with van der Waals surface area (Å²) < 4.78 is 5.58. The molecule has 1 aliphatic rings. The molecule has 0 aliphatic carbocycles. The summed E-state index contributed by atoms with van der Waals surface area (Å²) in [4.78, 5) is 28.3. The molecule has 0 radical (unpaired) electrons. The van der Waals surface area contributed by atoms with Crippen LogP contribution in [0.5, 0.6) is 5.75 Å². The second kappa shape index (κ2) is 8.94. The van der Waals surface area contributed by atoms with Crippen LogP contribution in [0.2, 0.25) is 0 Å². The first-order chi connectivity index (χ1) is 15.8. The van der Waals surface area contributed by atoms with Crippen molar-refractivity contribution in [3.63, 3.8) is 0 Å². The van der Waals surface area contributed by atoms with E-state index < -0.39 is 0 Å². The van der Waals surface area contributed by atoms with Crippen molar-refractivity contribution < 1.29 is 14.3 Å². The third-order valence-electron chi connectivity index (χ3n) is 5.55. The number of imide groups is 1. The van der Waals surface area contributed by atoms with E-state index in [1.807, 2.05) is 85.8 Å². The normalized spacial score (nSPS) is 14.1. The Kier molecular flexibility index (Phi) is 6.05. The molecule has 1 aliphatic heterocycles. The van der Waals surface area contributed by atoms with Crippen molar-refractivity contribution in [1.82, 2.24) is 0 Å². The lowest BCUT2D eigenvalue weighted by molar-refractivity contribution is -0.120. The first-order valence-electron chi connectivity index (χ1n) is 11.1. The Morgan fingerprint density at radius 2 is 1.55 bits per heavy atom. The lowest BCUT2D eigenvalue weighted by Gasteiger charge is -2.21. The van der Waals surface area contributed by atoms with Crippen LogP contribution in [-0.4, -0.2) is 18.4 Å². The van der Waals surface area contributed by atoms with E-state index in [1.54, 1.807) is 0 Å². The number of hydrogen-bond donors (Lipinski definition) is 1. The molecule has 0 bridgehead atoms. The zero-order chi connectivity index (χ0) is 23.6. The van der Waals surface area contributed by atoms with Crippen LogP contribution in [0.15, 0.2) is 84.6 Å². The highest BCUT2D eigenvalue weighted by Crippen LogP contribution is 2.35. The maximum atomic E-state index is 13.6. The predicted octanol–water partition coefficient (Wildman–Crippen LogP) is 5.78. The van der Waals surface area contributed by atoms with Gasteiger partial charge in [-0.15, -0.1) is 0 Å². The predicted molar refractivity (Wildman–Crippen MR) is 132 cm³/mol. The summed E-state index contributed by atoms with van der Waals surface area (Å²) in [5.41, 5.74) is 3.62. The van der Waals surface area contributed by atoms with Crippen molar-refractivity contribution in [2.24, 2.45) is 0 Å². The van der Waals surface area contributed by atoms with E-state index in [2.05, 4.69) is 26.1 Å². The van der Waals surface area contributed by atoms with Gasteiger partial charge in [0.15, 0.2) is 0 Å². The third-order valence-corrected chi connectivity index (χ3v) is 5.55. The molecule has 1 N–H and O–H groups in total. The topological polar surface area (TPSA) is 58.6 Å². The van der Waals surface area contributed by atoms with Crippen molar-refractivity contribution in [2.75, 3.05) is 16.8 Å². The van der Waals surface area contributed by atoms with Gasteiger partial charge in [0, 0.05) is 11.8 Å². The van der Waals surface area contributed by atoms with Crippen molar-refractivity contribution in [2.45, 2.75) is 33.1 Å². The molecule has 33 heavy (non-hydrogen) atoms. The van der Waals surface area contributed by atoms with E-state index in [0.29, 0.717) is 34.9 Å². The number of hydrogen-bond acceptors (Lipinski definition) is 4. The third kappa shape index (κ3) is 4.53. The number of amides is 2. The van der Waals surface area contributed by atoms with Crippen LogP contribution in [0.25, 0.3) is 5.57 Å². The number of carbonyl (C=O) groups is 2. The number of nitrogens with zero attached hydrogens (tertiary/aromatic N) is 1. The summed E-state index contributed by atoms with van der Waals surface area (Å²) in [7, 11) is 0. The van der Waals surface area contributed by atoms with E-state index in [0.717, 1.165) is 5.56 Å². The SMILES string of the molecule is CCOc1cccc(NC2=C(c3ccccc3)C(=O)N(c3ccc(C(C)(C)C)cc3)C2=O)c1. The summed E-state index contributed by atoms with van der Waals surface area (Å²) in [6, 6.07) is 24.2. The average molecular weight is 441 g/mol. The molecule has 2 amide bonds. The van der Waals surface area contributed by atoms with Gasteiger partial charge < -0.3 is 10.1 Å². The molecule has 3 aromatic rings. The Morgan fingerprint density at radius 1 is 0.848 bits per heavy atom. The highest BCUT2D eigenvalue weighted by molar-refractivity contribution is 6.46. The Labute approximate surface area is 194 Å². The molecule has 0 aromatic heterocycles. The van der Waals surface area contributed by atoms with Crippen LogP contribution in [-0.2, 0) is 15.0 Å². The van der Waals surface area contributed by atoms with Gasteiger partial charge in [-0.25, -0.2) is 4.90 Å². The molecule has 3 aromatic carbocycles. The molecule has 5 nitrogen and oxygen atoms in total. The minimum atomic E-state index is -0.385. The monoisotopic (exact) mass is 440 g/mol. The minimum Gasteiger partial charge on any atom is -0.494 e.